The zero-order valence-electron chi connectivity index (χ0n) is 13.2. The first kappa shape index (κ1) is 15.8. The second-order valence-electron chi connectivity index (χ2n) is 5.04. The number of carbonyl (C=O) groups is 1. The van der Waals surface area contributed by atoms with Crippen molar-refractivity contribution >= 4 is 43.9 Å². The third-order valence-corrected chi connectivity index (χ3v) is 5.22. The molecule has 0 aliphatic carbocycles. The third kappa shape index (κ3) is 3.13. The summed E-state index contributed by atoms with van der Waals surface area (Å²) in [6, 6.07) is 9.44. The van der Waals surface area contributed by atoms with Gasteiger partial charge in [0.05, 0.1) is 21.7 Å². The van der Waals surface area contributed by atoms with E-state index >= 15 is 0 Å². The van der Waals surface area contributed by atoms with Gasteiger partial charge in [0.2, 0.25) is 0 Å². The van der Waals surface area contributed by atoms with Crippen molar-refractivity contribution in [1.29, 1.82) is 0 Å². The lowest BCUT2D eigenvalue weighted by Crippen LogP contribution is -2.12. The van der Waals surface area contributed by atoms with E-state index < -0.39 is 0 Å². The van der Waals surface area contributed by atoms with Gasteiger partial charge in [0, 0.05) is 0 Å². The highest BCUT2D eigenvalue weighted by Crippen LogP contribution is 2.31. The molecule has 0 unspecified atom stereocenters. The van der Waals surface area contributed by atoms with Crippen LogP contribution >= 0.6 is 22.7 Å². The molecule has 1 aromatic carbocycles. The average Bonchev–Trinajstić information content (AvgIpc) is 3.34. The number of rotatable bonds is 5. The molecule has 4 rings (SSSR count). The molecule has 6 nitrogen and oxygen atoms in total. The Bertz CT molecular complexity index is 1020. The number of anilines is 1. The highest BCUT2D eigenvalue weighted by Gasteiger charge is 2.20. The fourth-order valence-electron chi connectivity index (χ4n) is 2.36. The third-order valence-electron chi connectivity index (χ3n) is 3.42. The normalized spacial score (nSPS) is 10.9. The Labute approximate surface area is 151 Å². The number of benzene rings is 1. The molecule has 8 heteroatoms. The molecule has 25 heavy (non-hydrogen) atoms. The number of oxazole rings is 1. The molecule has 0 bridgehead atoms. The number of nitrogens with one attached hydrogen (secondary N) is 1. The minimum absolute atomic E-state index is 0.247. The molecule has 0 aliphatic rings. The molecular formula is C17H13N3O3S2. The zero-order chi connectivity index (χ0) is 17.2. The number of nitrogens with zero attached hydrogens (tertiary/aromatic N) is 2. The average molecular weight is 371 g/mol. The summed E-state index contributed by atoms with van der Waals surface area (Å²) in [5, 5.41) is 5.23. The van der Waals surface area contributed by atoms with Crippen molar-refractivity contribution in [3.8, 4) is 16.4 Å². The summed E-state index contributed by atoms with van der Waals surface area (Å²) >= 11 is 2.88. The first-order chi connectivity index (χ1) is 12.2. The second kappa shape index (κ2) is 6.66. The van der Waals surface area contributed by atoms with Crippen molar-refractivity contribution < 1.29 is 13.9 Å². The number of aromatic nitrogens is 2. The molecule has 0 saturated carbocycles. The highest BCUT2D eigenvalue weighted by molar-refractivity contribution is 7.22. The Morgan fingerprint density at radius 2 is 2.28 bits per heavy atom. The molecule has 1 N–H and O–H groups in total. The number of fused-ring (bicyclic) bond motifs is 1. The molecule has 0 fully saturated rings. The predicted molar refractivity (Wildman–Crippen MR) is 98.6 cm³/mol. The van der Waals surface area contributed by atoms with E-state index in [-0.39, 0.29) is 11.6 Å². The first-order valence-electron chi connectivity index (χ1n) is 7.56. The lowest BCUT2D eigenvalue weighted by molar-refractivity contribution is 0.102. The van der Waals surface area contributed by atoms with Gasteiger partial charge in [-0.25, -0.2) is 9.97 Å². The van der Waals surface area contributed by atoms with Gasteiger partial charge in [-0.3, -0.25) is 10.1 Å². The van der Waals surface area contributed by atoms with E-state index in [0.29, 0.717) is 17.5 Å². The van der Waals surface area contributed by atoms with Crippen molar-refractivity contribution in [1.82, 2.24) is 9.97 Å². The van der Waals surface area contributed by atoms with E-state index in [1.54, 1.807) is 0 Å². The minimum atomic E-state index is -0.346. The number of thiophene rings is 1. The summed E-state index contributed by atoms with van der Waals surface area (Å²) in [5.74, 6) is 0.904. The van der Waals surface area contributed by atoms with Crippen LogP contribution < -0.4 is 10.1 Å². The van der Waals surface area contributed by atoms with Crippen LogP contribution in [0.2, 0.25) is 0 Å². The minimum Gasteiger partial charge on any atom is -0.494 e. The number of ether oxygens (including phenoxy) is 1. The van der Waals surface area contributed by atoms with Crippen molar-refractivity contribution in [3.63, 3.8) is 0 Å². The first-order valence-corrected chi connectivity index (χ1v) is 9.26. The number of amides is 1. The molecule has 3 aromatic heterocycles. The molecule has 0 aliphatic heterocycles. The van der Waals surface area contributed by atoms with Crippen LogP contribution in [0.4, 0.5) is 5.13 Å². The van der Waals surface area contributed by atoms with Crippen LogP contribution in [0.1, 0.15) is 17.4 Å². The Balaban J connectivity index is 1.59. The Hall–Kier alpha value is -2.71. The smallest absolute Gasteiger partial charge is 0.280 e. The lowest BCUT2D eigenvalue weighted by atomic mass is 10.3. The van der Waals surface area contributed by atoms with Gasteiger partial charge >= 0.3 is 0 Å². The number of thiazole rings is 1. The maximum Gasteiger partial charge on any atom is 0.280 e. The molecule has 0 radical (unpaired) electrons. The Kier molecular flexibility index (Phi) is 4.21. The molecule has 3 heterocycles. The van der Waals surface area contributed by atoms with Crippen LogP contribution in [0.5, 0.6) is 5.75 Å². The van der Waals surface area contributed by atoms with Gasteiger partial charge in [-0.2, -0.15) is 0 Å². The predicted octanol–water partition coefficient (Wildman–Crippen LogP) is 4.66. The maximum absolute atomic E-state index is 12.6. The second-order valence-corrected chi connectivity index (χ2v) is 7.02. The lowest BCUT2D eigenvalue weighted by Gasteiger charge is -2.00. The molecular weight excluding hydrogens is 358 g/mol. The summed E-state index contributed by atoms with van der Waals surface area (Å²) in [7, 11) is 0. The zero-order valence-corrected chi connectivity index (χ0v) is 14.8. The topological polar surface area (TPSA) is 77.2 Å². The van der Waals surface area contributed by atoms with E-state index in [2.05, 4.69) is 15.3 Å². The quantitative estimate of drug-likeness (QED) is 0.552. The van der Waals surface area contributed by atoms with Crippen LogP contribution in [-0.2, 0) is 0 Å². The van der Waals surface area contributed by atoms with E-state index in [4.69, 9.17) is 9.15 Å². The molecule has 126 valence electrons. The van der Waals surface area contributed by atoms with Gasteiger partial charge in [-0.05, 0) is 36.6 Å². The van der Waals surface area contributed by atoms with E-state index in [1.807, 2.05) is 42.6 Å². The van der Waals surface area contributed by atoms with E-state index in [0.717, 1.165) is 20.8 Å². The standard InChI is InChI=1S/C17H13N3O3S2/c1-2-22-10-5-6-11-13(8-10)25-17(19-11)20-16(21)14-15(23-9-18-14)12-4-3-7-24-12/h3-9H,2H2,1H3,(H,19,20,21). The maximum atomic E-state index is 12.6. The summed E-state index contributed by atoms with van der Waals surface area (Å²) < 4.78 is 11.8. The SMILES string of the molecule is CCOc1ccc2nc(NC(=O)c3ncoc3-c3cccs3)sc2c1. The summed E-state index contributed by atoms with van der Waals surface area (Å²) in [4.78, 5) is 21.9. The fraction of sp³-hybridized carbons (Fsp3) is 0.118. The van der Waals surface area contributed by atoms with Crippen molar-refractivity contribution in [2.75, 3.05) is 11.9 Å². The van der Waals surface area contributed by atoms with Crippen molar-refractivity contribution in [2.45, 2.75) is 6.92 Å². The summed E-state index contributed by atoms with van der Waals surface area (Å²) in [5.41, 5.74) is 1.05. The van der Waals surface area contributed by atoms with Crippen LogP contribution in [0, 0.1) is 0 Å². The van der Waals surface area contributed by atoms with Crippen molar-refractivity contribution in [2.24, 2.45) is 0 Å². The van der Waals surface area contributed by atoms with Gasteiger partial charge in [-0.1, -0.05) is 17.4 Å². The molecule has 0 atom stereocenters. The summed E-state index contributed by atoms with van der Waals surface area (Å²) in [6.45, 7) is 2.54. The molecule has 0 spiro atoms. The van der Waals surface area contributed by atoms with Crippen LogP contribution in [-0.4, -0.2) is 22.5 Å². The van der Waals surface area contributed by atoms with E-state index in [9.17, 15) is 4.79 Å². The Morgan fingerprint density at radius 1 is 1.36 bits per heavy atom. The monoisotopic (exact) mass is 371 g/mol. The Morgan fingerprint density at radius 3 is 3.08 bits per heavy atom. The van der Waals surface area contributed by atoms with Gasteiger partial charge in [-0.15, -0.1) is 11.3 Å². The summed E-state index contributed by atoms with van der Waals surface area (Å²) in [6.07, 6.45) is 1.27. The highest BCUT2D eigenvalue weighted by atomic mass is 32.1. The molecule has 4 aromatic rings. The van der Waals surface area contributed by atoms with Gasteiger partial charge in [0.15, 0.2) is 23.0 Å². The van der Waals surface area contributed by atoms with Gasteiger partial charge in [0.1, 0.15) is 5.75 Å². The van der Waals surface area contributed by atoms with Gasteiger partial charge in [0.25, 0.3) is 5.91 Å². The molecule has 1 amide bonds. The van der Waals surface area contributed by atoms with Crippen LogP contribution in [0.25, 0.3) is 20.9 Å². The van der Waals surface area contributed by atoms with Gasteiger partial charge < -0.3 is 9.15 Å². The van der Waals surface area contributed by atoms with E-state index in [1.165, 1.54) is 29.1 Å². The van der Waals surface area contributed by atoms with Crippen molar-refractivity contribution in [3.05, 3.63) is 47.8 Å². The largest absolute Gasteiger partial charge is 0.494 e. The van der Waals surface area contributed by atoms with Crippen LogP contribution in [0.15, 0.2) is 46.5 Å². The number of carbonyl (C=O) groups excluding carboxylic acids is 1. The number of hydrogen-bond acceptors (Lipinski definition) is 7. The van der Waals surface area contributed by atoms with Crippen LogP contribution in [0.3, 0.4) is 0 Å². The number of hydrogen-bond donors (Lipinski definition) is 1. The fourth-order valence-corrected chi connectivity index (χ4v) is 3.96. The molecule has 0 saturated heterocycles.